The molecule has 0 aliphatic heterocycles. The third-order valence-corrected chi connectivity index (χ3v) is 12.8. The van der Waals surface area contributed by atoms with Gasteiger partial charge < -0.3 is 14.2 Å². The van der Waals surface area contributed by atoms with Crippen LogP contribution in [-0.2, 0) is 28.6 Å². The van der Waals surface area contributed by atoms with E-state index < -0.39 is 6.10 Å². The van der Waals surface area contributed by atoms with Gasteiger partial charge in [0.1, 0.15) is 13.2 Å². The third kappa shape index (κ3) is 54.2. The Labute approximate surface area is 416 Å². The van der Waals surface area contributed by atoms with Crippen molar-refractivity contribution in [2.45, 2.75) is 309 Å². The number of rotatable bonds is 53. The van der Waals surface area contributed by atoms with Gasteiger partial charge in [-0.1, -0.05) is 275 Å². The van der Waals surface area contributed by atoms with E-state index in [1.54, 1.807) is 0 Å². The summed E-state index contributed by atoms with van der Waals surface area (Å²) < 4.78 is 16.9. The van der Waals surface area contributed by atoms with Gasteiger partial charge in [0, 0.05) is 19.3 Å². The van der Waals surface area contributed by atoms with Crippen LogP contribution in [-0.4, -0.2) is 37.2 Å². The molecule has 0 aliphatic rings. The number of carbonyl (C=O) groups is 3. The predicted octanol–water partition coefficient (Wildman–Crippen LogP) is 19.4. The minimum atomic E-state index is -0.786. The van der Waals surface area contributed by atoms with Crippen LogP contribution >= 0.6 is 0 Å². The van der Waals surface area contributed by atoms with E-state index in [1.807, 2.05) is 0 Å². The summed E-state index contributed by atoms with van der Waals surface area (Å²) in [6, 6.07) is 0. The lowest BCUT2D eigenvalue weighted by Gasteiger charge is -2.18. The summed E-state index contributed by atoms with van der Waals surface area (Å²) >= 11 is 0. The van der Waals surface area contributed by atoms with Crippen molar-refractivity contribution in [3.05, 3.63) is 48.6 Å². The predicted molar refractivity (Wildman–Crippen MR) is 289 cm³/mol. The van der Waals surface area contributed by atoms with E-state index >= 15 is 0 Å². The zero-order valence-electron chi connectivity index (χ0n) is 44.7. The Balaban J connectivity index is 4.37. The quantitative estimate of drug-likeness (QED) is 0.0262. The number of hydrogen-bond acceptors (Lipinski definition) is 6. The van der Waals surface area contributed by atoms with Gasteiger partial charge in [-0.25, -0.2) is 0 Å². The van der Waals surface area contributed by atoms with E-state index in [9.17, 15) is 14.4 Å². The Bertz CT molecular complexity index is 1170. The van der Waals surface area contributed by atoms with Gasteiger partial charge in [0.15, 0.2) is 6.10 Å². The van der Waals surface area contributed by atoms with Gasteiger partial charge in [0.2, 0.25) is 0 Å². The summed E-state index contributed by atoms with van der Waals surface area (Å²) in [7, 11) is 0. The number of allylic oxidation sites excluding steroid dienone is 8. The first-order valence-electron chi connectivity index (χ1n) is 29.1. The maximum absolute atomic E-state index is 12.9. The minimum Gasteiger partial charge on any atom is -0.462 e. The Morgan fingerprint density at radius 3 is 0.910 bits per heavy atom. The van der Waals surface area contributed by atoms with Crippen molar-refractivity contribution in [1.82, 2.24) is 0 Å². The highest BCUT2D eigenvalue weighted by atomic mass is 16.6. The Morgan fingerprint density at radius 2 is 0.582 bits per heavy atom. The van der Waals surface area contributed by atoms with Gasteiger partial charge in [0.25, 0.3) is 0 Å². The summed E-state index contributed by atoms with van der Waals surface area (Å²) in [4.78, 5) is 38.1. The lowest BCUT2D eigenvalue weighted by Crippen LogP contribution is -2.30. The molecular formula is C61H110O6. The van der Waals surface area contributed by atoms with Gasteiger partial charge in [-0.3, -0.25) is 14.4 Å². The molecule has 0 amide bonds. The fraction of sp³-hybridized carbons (Fsp3) is 0.820. The first-order valence-corrected chi connectivity index (χ1v) is 29.1. The number of carbonyl (C=O) groups excluding carboxylic acids is 3. The summed E-state index contributed by atoms with van der Waals surface area (Å²) in [5.74, 6) is -0.907. The molecule has 0 aromatic carbocycles. The second-order valence-electron chi connectivity index (χ2n) is 19.5. The Morgan fingerprint density at radius 1 is 0.313 bits per heavy atom. The molecule has 0 spiro atoms. The van der Waals surface area contributed by atoms with Crippen LogP contribution in [0.4, 0.5) is 0 Å². The lowest BCUT2D eigenvalue weighted by atomic mass is 10.0. The highest BCUT2D eigenvalue weighted by Crippen LogP contribution is 2.17. The SMILES string of the molecule is CC/C=C\C/C=C\C/C=C\C/C=C\CCCCC(=O)OC[C@H](COC(=O)CCCCCCCCCCCCCCCCCCCC)OC(=O)CCCCCCCCCCCCCCCCCC. The molecule has 0 aromatic heterocycles. The maximum Gasteiger partial charge on any atom is 0.306 e. The second kappa shape index (κ2) is 56.0. The maximum atomic E-state index is 12.9. The third-order valence-electron chi connectivity index (χ3n) is 12.8. The standard InChI is InChI=1S/C61H110O6/c1-4-7-10-13-16-19-22-25-28-30-31-34-36-39-42-45-48-51-54-60(63)66-57-58(56-65-59(62)53-50-47-44-41-38-35-32-27-24-21-18-15-12-9-6-3)67-61(64)55-52-49-46-43-40-37-33-29-26-23-20-17-14-11-8-5-2/h9,12,18,21,27,32,38,41,58H,4-8,10-11,13-17,19-20,22-26,28-31,33-37,39-40,42-57H2,1-3H3/b12-9-,21-18-,32-27-,41-38-/t58-/m1/s1. The van der Waals surface area contributed by atoms with Crippen molar-refractivity contribution in [2.75, 3.05) is 13.2 Å². The topological polar surface area (TPSA) is 78.9 Å². The van der Waals surface area contributed by atoms with Gasteiger partial charge >= 0.3 is 17.9 Å². The van der Waals surface area contributed by atoms with Crippen LogP contribution in [0.5, 0.6) is 0 Å². The summed E-state index contributed by atoms with van der Waals surface area (Å²) in [6.45, 7) is 6.54. The zero-order valence-corrected chi connectivity index (χ0v) is 44.7. The zero-order chi connectivity index (χ0) is 48.6. The fourth-order valence-corrected chi connectivity index (χ4v) is 8.49. The number of ether oxygens (including phenoxy) is 3. The molecule has 1 atom stereocenters. The van der Waals surface area contributed by atoms with Gasteiger partial charge in [-0.05, 0) is 57.8 Å². The van der Waals surface area contributed by atoms with Crippen LogP contribution < -0.4 is 0 Å². The molecule has 0 fully saturated rings. The summed E-state index contributed by atoms with van der Waals surface area (Å²) in [5, 5.41) is 0. The molecule has 6 nitrogen and oxygen atoms in total. The first kappa shape index (κ1) is 64.4. The van der Waals surface area contributed by atoms with Gasteiger partial charge in [-0.2, -0.15) is 0 Å². The van der Waals surface area contributed by atoms with Crippen molar-refractivity contribution < 1.29 is 28.6 Å². The molecule has 0 bridgehead atoms. The highest BCUT2D eigenvalue weighted by molar-refractivity contribution is 5.71. The van der Waals surface area contributed by atoms with E-state index in [2.05, 4.69) is 69.4 Å². The minimum absolute atomic E-state index is 0.0817. The highest BCUT2D eigenvalue weighted by Gasteiger charge is 2.19. The average Bonchev–Trinajstić information content (AvgIpc) is 3.33. The first-order chi connectivity index (χ1) is 33.0. The molecule has 0 radical (unpaired) electrons. The number of hydrogen-bond donors (Lipinski definition) is 0. The molecule has 6 heteroatoms. The van der Waals surface area contributed by atoms with Crippen LogP contribution in [0, 0.1) is 0 Å². The van der Waals surface area contributed by atoms with Crippen molar-refractivity contribution >= 4 is 17.9 Å². The van der Waals surface area contributed by atoms with E-state index in [0.29, 0.717) is 19.3 Å². The molecule has 0 N–H and O–H groups in total. The molecule has 0 saturated heterocycles. The van der Waals surface area contributed by atoms with Crippen LogP contribution in [0.2, 0.25) is 0 Å². The lowest BCUT2D eigenvalue weighted by molar-refractivity contribution is -0.167. The Hall–Kier alpha value is -2.63. The normalized spacial score (nSPS) is 12.3. The molecule has 0 heterocycles. The molecule has 0 aromatic rings. The largest absolute Gasteiger partial charge is 0.462 e. The van der Waals surface area contributed by atoms with E-state index in [1.165, 1.54) is 180 Å². The van der Waals surface area contributed by atoms with Crippen LogP contribution in [0.25, 0.3) is 0 Å². The van der Waals surface area contributed by atoms with Crippen molar-refractivity contribution in [2.24, 2.45) is 0 Å². The molecular weight excluding hydrogens is 829 g/mol. The van der Waals surface area contributed by atoms with Crippen molar-refractivity contribution in [1.29, 1.82) is 0 Å². The van der Waals surface area contributed by atoms with Crippen LogP contribution in [0.3, 0.4) is 0 Å². The molecule has 0 saturated carbocycles. The molecule has 0 rings (SSSR count). The summed E-state index contributed by atoms with van der Waals surface area (Å²) in [5.41, 5.74) is 0. The average molecular weight is 940 g/mol. The molecule has 0 aliphatic carbocycles. The van der Waals surface area contributed by atoms with E-state index in [4.69, 9.17) is 14.2 Å². The fourth-order valence-electron chi connectivity index (χ4n) is 8.49. The number of esters is 3. The van der Waals surface area contributed by atoms with Crippen LogP contribution in [0.15, 0.2) is 48.6 Å². The van der Waals surface area contributed by atoms with E-state index in [0.717, 1.165) is 83.5 Å². The molecule has 67 heavy (non-hydrogen) atoms. The van der Waals surface area contributed by atoms with Crippen molar-refractivity contribution in [3.8, 4) is 0 Å². The van der Waals surface area contributed by atoms with E-state index in [-0.39, 0.29) is 31.1 Å². The molecule has 0 unspecified atom stereocenters. The molecule has 390 valence electrons. The smallest absolute Gasteiger partial charge is 0.306 e. The number of unbranched alkanes of at least 4 members (excludes halogenated alkanes) is 34. The van der Waals surface area contributed by atoms with Crippen molar-refractivity contribution in [3.63, 3.8) is 0 Å². The second-order valence-corrected chi connectivity index (χ2v) is 19.5. The van der Waals surface area contributed by atoms with Gasteiger partial charge in [0.05, 0.1) is 0 Å². The Kier molecular flexibility index (Phi) is 53.8. The summed E-state index contributed by atoms with van der Waals surface area (Å²) in [6.07, 6.45) is 68.2. The van der Waals surface area contributed by atoms with Crippen LogP contribution in [0.1, 0.15) is 303 Å². The monoisotopic (exact) mass is 939 g/mol. The van der Waals surface area contributed by atoms with Gasteiger partial charge in [-0.15, -0.1) is 0 Å².